The lowest BCUT2D eigenvalue weighted by Gasteiger charge is -2.27. The van der Waals surface area contributed by atoms with Crippen LogP contribution in [0.4, 0.5) is 0 Å². The third-order valence-electron chi connectivity index (χ3n) is 3.50. The van der Waals surface area contributed by atoms with Gasteiger partial charge in [0.15, 0.2) is 5.96 Å². The molecule has 6 nitrogen and oxygen atoms in total. The van der Waals surface area contributed by atoms with E-state index in [4.69, 9.17) is 4.74 Å². The Balaban J connectivity index is 0.00000441. The number of rotatable bonds is 7. The zero-order valence-electron chi connectivity index (χ0n) is 13.6. The van der Waals surface area contributed by atoms with Crippen LogP contribution in [0.2, 0.25) is 0 Å². The molecule has 0 radical (unpaired) electrons. The Morgan fingerprint density at radius 1 is 1.27 bits per heavy atom. The van der Waals surface area contributed by atoms with E-state index in [-0.39, 0.29) is 36.0 Å². The number of hydrogen-bond donors (Lipinski definition) is 3. The third-order valence-corrected chi connectivity index (χ3v) is 3.50. The van der Waals surface area contributed by atoms with E-state index in [1.54, 1.807) is 0 Å². The number of halogens is 1. The van der Waals surface area contributed by atoms with Gasteiger partial charge in [-0.1, -0.05) is 0 Å². The van der Waals surface area contributed by atoms with Gasteiger partial charge in [-0.05, 0) is 46.0 Å². The van der Waals surface area contributed by atoms with Gasteiger partial charge in [-0.3, -0.25) is 9.79 Å². The van der Waals surface area contributed by atoms with Crippen LogP contribution in [-0.4, -0.2) is 48.9 Å². The van der Waals surface area contributed by atoms with E-state index in [9.17, 15) is 9.90 Å². The Bertz CT molecular complexity index is 332. The van der Waals surface area contributed by atoms with Crippen LogP contribution in [0.15, 0.2) is 4.99 Å². The van der Waals surface area contributed by atoms with E-state index in [0.29, 0.717) is 32.0 Å². The van der Waals surface area contributed by atoms with Crippen LogP contribution in [0.3, 0.4) is 0 Å². The summed E-state index contributed by atoms with van der Waals surface area (Å²) in [4.78, 5) is 15.7. The molecule has 22 heavy (non-hydrogen) atoms. The molecule has 0 unspecified atom stereocenters. The van der Waals surface area contributed by atoms with E-state index < -0.39 is 0 Å². The van der Waals surface area contributed by atoms with Gasteiger partial charge >= 0.3 is 5.97 Å². The van der Waals surface area contributed by atoms with Gasteiger partial charge in [0, 0.05) is 25.6 Å². The van der Waals surface area contributed by atoms with Crippen molar-refractivity contribution in [1.29, 1.82) is 0 Å². The second kappa shape index (κ2) is 12.9. The van der Waals surface area contributed by atoms with Gasteiger partial charge in [0.25, 0.3) is 0 Å². The Hall–Kier alpha value is -0.570. The summed E-state index contributed by atoms with van der Waals surface area (Å²) in [6.07, 6.45) is 4.58. The molecule has 7 heteroatoms. The van der Waals surface area contributed by atoms with Crippen molar-refractivity contribution in [3.63, 3.8) is 0 Å². The van der Waals surface area contributed by atoms with Crippen LogP contribution >= 0.6 is 24.0 Å². The zero-order valence-corrected chi connectivity index (χ0v) is 16.0. The number of aliphatic imine (C=N–C) groups is 1. The summed E-state index contributed by atoms with van der Waals surface area (Å²) in [5.41, 5.74) is 0. The highest BCUT2D eigenvalue weighted by Gasteiger charge is 2.19. The third kappa shape index (κ3) is 9.45. The molecule has 0 aromatic heterocycles. The van der Waals surface area contributed by atoms with E-state index in [1.165, 1.54) is 0 Å². The van der Waals surface area contributed by atoms with Gasteiger partial charge in [0.05, 0.1) is 12.7 Å². The average molecular weight is 427 g/mol. The van der Waals surface area contributed by atoms with Crippen molar-refractivity contribution in [2.24, 2.45) is 4.99 Å². The standard InChI is InChI=1S/C15H29N3O3.HI/c1-3-16-15(17-11-5-6-14(20)21-4-2)18-12-7-9-13(19)10-8-12;/h12-13,19H,3-11H2,1-2H3,(H2,16,17,18);1H. The number of esters is 1. The summed E-state index contributed by atoms with van der Waals surface area (Å²) in [5, 5.41) is 16.1. The number of carbonyl (C=O) groups excluding carboxylic acids is 1. The maximum absolute atomic E-state index is 11.2. The molecule has 1 saturated carbocycles. The van der Waals surface area contributed by atoms with Crippen LogP contribution in [0.1, 0.15) is 52.4 Å². The second-order valence-electron chi connectivity index (χ2n) is 5.32. The van der Waals surface area contributed by atoms with Gasteiger partial charge in [-0.25, -0.2) is 0 Å². The lowest BCUT2D eigenvalue weighted by Crippen LogP contribution is -2.45. The first-order valence-electron chi connectivity index (χ1n) is 8.04. The molecular formula is C15H30IN3O3. The van der Waals surface area contributed by atoms with Crippen LogP contribution in [-0.2, 0) is 9.53 Å². The minimum Gasteiger partial charge on any atom is -0.466 e. The highest BCUT2D eigenvalue weighted by molar-refractivity contribution is 14.0. The molecule has 0 aromatic rings. The number of nitrogens with one attached hydrogen (secondary N) is 2. The van der Waals surface area contributed by atoms with Crippen molar-refractivity contribution >= 4 is 35.9 Å². The van der Waals surface area contributed by atoms with Crippen molar-refractivity contribution in [2.75, 3.05) is 19.7 Å². The topological polar surface area (TPSA) is 83.0 Å². The average Bonchev–Trinajstić information content (AvgIpc) is 2.46. The van der Waals surface area contributed by atoms with Crippen LogP contribution in [0, 0.1) is 0 Å². The first-order chi connectivity index (χ1) is 10.2. The number of aliphatic hydroxyl groups is 1. The van der Waals surface area contributed by atoms with Crippen molar-refractivity contribution in [3.05, 3.63) is 0 Å². The molecule has 0 heterocycles. The summed E-state index contributed by atoms with van der Waals surface area (Å²) in [6.45, 7) is 5.67. The van der Waals surface area contributed by atoms with Crippen molar-refractivity contribution in [3.8, 4) is 0 Å². The van der Waals surface area contributed by atoms with E-state index in [1.807, 2.05) is 13.8 Å². The fourth-order valence-electron chi connectivity index (χ4n) is 2.38. The predicted molar refractivity (Wildman–Crippen MR) is 98.7 cm³/mol. The first-order valence-corrected chi connectivity index (χ1v) is 8.04. The molecule has 0 aromatic carbocycles. The van der Waals surface area contributed by atoms with E-state index in [0.717, 1.165) is 38.2 Å². The lowest BCUT2D eigenvalue weighted by atomic mass is 9.93. The minimum absolute atomic E-state index is 0. The molecule has 0 saturated heterocycles. The van der Waals surface area contributed by atoms with Crippen LogP contribution < -0.4 is 10.6 Å². The number of carbonyl (C=O) groups is 1. The van der Waals surface area contributed by atoms with Crippen LogP contribution in [0.5, 0.6) is 0 Å². The molecular weight excluding hydrogens is 397 g/mol. The molecule has 3 N–H and O–H groups in total. The smallest absolute Gasteiger partial charge is 0.305 e. The number of nitrogens with zero attached hydrogens (tertiary/aromatic N) is 1. The van der Waals surface area contributed by atoms with Crippen LogP contribution in [0.25, 0.3) is 0 Å². The van der Waals surface area contributed by atoms with Crippen molar-refractivity contribution in [1.82, 2.24) is 10.6 Å². The second-order valence-corrected chi connectivity index (χ2v) is 5.32. The van der Waals surface area contributed by atoms with Gasteiger partial charge < -0.3 is 20.5 Å². The highest BCUT2D eigenvalue weighted by atomic mass is 127. The molecule has 0 amide bonds. The molecule has 130 valence electrons. The number of guanidine groups is 1. The molecule has 0 spiro atoms. The number of hydrogen-bond acceptors (Lipinski definition) is 4. The molecule has 0 aliphatic heterocycles. The van der Waals surface area contributed by atoms with Gasteiger partial charge in [-0.2, -0.15) is 0 Å². The Morgan fingerprint density at radius 3 is 2.55 bits per heavy atom. The van der Waals surface area contributed by atoms with Gasteiger partial charge in [-0.15, -0.1) is 24.0 Å². The lowest BCUT2D eigenvalue weighted by molar-refractivity contribution is -0.143. The first kappa shape index (κ1) is 21.4. The van der Waals surface area contributed by atoms with E-state index >= 15 is 0 Å². The fourth-order valence-corrected chi connectivity index (χ4v) is 2.38. The summed E-state index contributed by atoms with van der Waals surface area (Å²) in [7, 11) is 0. The molecule has 0 bridgehead atoms. The normalized spacial score (nSPS) is 21.7. The molecule has 1 aliphatic rings. The molecule has 0 atom stereocenters. The summed E-state index contributed by atoms with van der Waals surface area (Å²) in [6, 6.07) is 0.372. The SMILES string of the molecule is CCNC(=NCCCC(=O)OCC)NC1CCC(O)CC1.I. The van der Waals surface area contributed by atoms with Crippen molar-refractivity contribution < 1.29 is 14.6 Å². The summed E-state index contributed by atoms with van der Waals surface area (Å²) < 4.78 is 4.89. The molecule has 1 fully saturated rings. The Kier molecular flexibility index (Phi) is 12.6. The Morgan fingerprint density at radius 2 is 1.95 bits per heavy atom. The molecule has 1 rings (SSSR count). The van der Waals surface area contributed by atoms with Crippen molar-refractivity contribution in [2.45, 2.75) is 64.5 Å². The predicted octanol–water partition coefficient (Wildman–Crippen LogP) is 1.81. The van der Waals surface area contributed by atoms with Gasteiger partial charge in [0.1, 0.15) is 0 Å². The minimum atomic E-state index is -0.160. The summed E-state index contributed by atoms with van der Waals surface area (Å²) >= 11 is 0. The Labute approximate surface area is 150 Å². The quantitative estimate of drug-likeness (QED) is 0.190. The number of aliphatic hydroxyl groups excluding tert-OH is 1. The summed E-state index contributed by atoms with van der Waals surface area (Å²) in [5.74, 6) is 0.634. The largest absolute Gasteiger partial charge is 0.466 e. The highest BCUT2D eigenvalue weighted by Crippen LogP contribution is 2.18. The maximum atomic E-state index is 11.2. The fraction of sp³-hybridized carbons (Fsp3) is 0.867. The van der Waals surface area contributed by atoms with Gasteiger partial charge in [0.2, 0.25) is 0 Å². The monoisotopic (exact) mass is 427 g/mol. The number of ether oxygens (including phenoxy) is 1. The molecule has 1 aliphatic carbocycles. The van der Waals surface area contributed by atoms with E-state index in [2.05, 4.69) is 15.6 Å². The maximum Gasteiger partial charge on any atom is 0.305 e. The zero-order chi connectivity index (χ0) is 15.5.